The molecule has 0 saturated carbocycles. The van der Waals surface area contributed by atoms with Gasteiger partial charge in [0.05, 0.1) is 28.4 Å². The highest BCUT2D eigenvalue weighted by Crippen LogP contribution is 2.19. The second-order valence-corrected chi connectivity index (χ2v) is 8.18. The molecule has 1 heterocycles. The Balaban J connectivity index is 1.85. The summed E-state index contributed by atoms with van der Waals surface area (Å²) < 4.78 is 28.6. The summed E-state index contributed by atoms with van der Waals surface area (Å²) in [5.74, 6) is -0.634. The first-order valence-electron chi connectivity index (χ1n) is 8.19. The van der Waals surface area contributed by atoms with Crippen molar-refractivity contribution >= 4 is 27.5 Å². The predicted octanol–water partition coefficient (Wildman–Crippen LogP) is 3.19. The van der Waals surface area contributed by atoms with E-state index in [0.717, 1.165) is 16.9 Å². The molecule has 0 saturated heterocycles. The molecule has 1 N–H and O–H groups in total. The van der Waals surface area contributed by atoms with Gasteiger partial charge in [0.25, 0.3) is 10.0 Å². The molecule has 0 aliphatic heterocycles. The largest absolute Gasteiger partial charge is 0.274 e. The summed E-state index contributed by atoms with van der Waals surface area (Å²) in [4.78, 5) is 12.4. The van der Waals surface area contributed by atoms with Crippen molar-refractivity contribution in [3.05, 3.63) is 76.6 Å². The Morgan fingerprint density at radius 2 is 1.70 bits per heavy atom. The number of aromatic nitrogens is 2. The van der Waals surface area contributed by atoms with Gasteiger partial charge in [-0.3, -0.25) is 4.79 Å². The van der Waals surface area contributed by atoms with Crippen LogP contribution in [0.1, 0.15) is 17.0 Å². The maximum Gasteiger partial charge on any atom is 0.264 e. The van der Waals surface area contributed by atoms with Crippen molar-refractivity contribution in [2.24, 2.45) is 0 Å². The van der Waals surface area contributed by atoms with Crippen LogP contribution in [0.2, 0.25) is 5.02 Å². The zero-order valence-corrected chi connectivity index (χ0v) is 16.4. The average molecular weight is 404 g/mol. The minimum Gasteiger partial charge on any atom is -0.274 e. The van der Waals surface area contributed by atoms with Gasteiger partial charge < -0.3 is 0 Å². The number of nitrogens with one attached hydrogen (secondary N) is 1. The molecule has 2 aromatic carbocycles. The fourth-order valence-corrected chi connectivity index (χ4v) is 3.76. The van der Waals surface area contributed by atoms with Crippen molar-refractivity contribution in [1.29, 1.82) is 0 Å². The molecule has 8 heteroatoms. The lowest BCUT2D eigenvalue weighted by Crippen LogP contribution is -2.32. The number of nitrogens with zero attached hydrogens (tertiary/aromatic N) is 2. The summed E-state index contributed by atoms with van der Waals surface area (Å²) in [5.41, 5.74) is 3.07. The van der Waals surface area contributed by atoms with Gasteiger partial charge in [-0.1, -0.05) is 29.8 Å². The number of hydrogen-bond donors (Lipinski definition) is 1. The van der Waals surface area contributed by atoms with E-state index in [1.165, 1.54) is 24.3 Å². The smallest absolute Gasteiger partial charge is 0.264 e. The average Bonchev–Trinajstić information content (AvgIpc) is 2.91. The summed E-state index contributed by atoms with van der Waals surface area (Å²) in [6, 6.07) is 15.0. The molecule has 140 valence electrons. The molecule has 0 aliphatic rings. The van der Waals surface area contributed by atoms with Gasteiger partial charge in [-0.25, -0.2) is 17.8 Å². The van der Waals surface area contributed by atoms with Crippen LogP contribution in [0.15, 0.2) is 59.5 Å². The molecule has 0 spiro atoms. The third-order valence-electron chi connectivity index (χ3n) is 4.18. The zero-order chi connectivity index (χ0) is 19.6. The normalized spacial score (nSPS) is 11.4. The van der Waals surface area contributed by atoms with Gasteiger partial charge in [0, 0.05) is 5.02 Å². The van der Waals surface area contributed by atoms with E-state index in [1.807, 2.05) is 44.2 Å². The number of rotatable bonds is 5. The predicted molar refractivity (Wildman–Crippen MR) is 104 cm³/mol. The first-order chi connectivity index (χ1) is 12.8. The molecule has 6 nitrogen and oxygen atoms in total. The van der Waals surface area contributed by atoms with Gasteiger partial charge in [-0.15, -0.1) is 0 Å². The van der Waals surface area contributed by atoms with Gasteiger partial charge in [-0.2, -0.15) is 5.10 Å². The van der Waals surface area contributed by atoms with Gasteiger partial charge in [0.1, 0.15) is 0 Å². The topological polar surface area (TPSA) is 81.1 Å². The van der Waals surface area contributed by atoms with Crippen molar-refractivity contribution in [3.8, 4) is 5.69 Å². The number of sulfonamides is 1. The van der Waals surface area contributed by atoms with Crippen LogP contribution < -0.4 is 4.72 Å². The van der Waals surface area contributed by atoms with Crippen LogP contribution in [-0.4, -0.2) is 24.1 Å². The van der Waals surface area contributed by atoms with Gasteiger partial charge in [0.2, 0.25) is 5.91 Å². The summed E-state index contributed by atoms with van der Waals surface area (Å²) in [6.07, 6.45) is -0.117. The van der Waals surface area contributed by atoms with E-state index in [-0.39, 0.29) is 11.3 Å². The van der Waals surface area contributed by atoms with E-state index in [0.29, 0.717) is 10.7 Å². The molecular formula is C19H18ClN3O3S. The van der Waals surface area contributed by atoms with Crippen molar-refractivity contribution in [2.75, 3.05) is 0 Å². The highest BCUT2D eigenvalue weighted by atomic mass is 35.5. The monoisotopic (exact) mass is 403 g/mol. The Kier molecular flexibility index (Phi) is 5.34. The first kappa shape index (κ1) is 19.1. The van der Waals surface area contributed by atoms with Crippen molar-refractivity contribution in [2.45, 2.75) is 25.2 Å². The number of benzene rings is 2. The summed E-state index contributed by atoms with van der Waals surface area (Å²) in [7, 11) is -3.97. The summed E-state index contributed by atoms with van der Waals surface area (Å²) in [5, 5.41) is 4.89. The van der Waals surface area contributed by atoms with Crippen molar-refractivity contribution < 1.29 is 13.2 Å². The number of amides is 1. The lowest BCUT2D eigenvalue weighted by molar-refractivity contribution is -0.118. The quantitative estimate of drug-likeness (QED) is 0.709. The molecular weight excluding hydrogens is 386 g/mol. The highest BCUT2D eigenvalue weighted by molar-refractivity contribution is 7.90. The van der Waals surface area contributed by atoms with Crippen LogP contribution in [0.4, 0.5) is 0 Å². The minimum absolute atomic E-state index is 0.0234. The van der Waals surface area contributed by atoms with Crippen molar-refractivity contribution in [1.82, 2.24) is 14.5 Å². The highest BCUT2D eigenvalue weighted by Gasteiger charge is 2.21. The maximum atomic E-state index is 12.5. The van der Waals surface area contributed by atoms with E-state index in [1.54, 1.807) is 4.68 Å². The maximum absolute atomic E-state index is 12.5. The van der Waals surface area contributed by atoms with Crippen LogP contribution in [0.3, 0.4) is 0 Å². The van der Waals surface area contributed by atoms with Crippen molar-refractivity contribution in [3.63, 3.8) is 0 Å². The van der Waals surface area contributed by atoms with E-state index < -0.39 is 15.9 Å². The van der Waals surface area contributed by atoms with Gasteiger partial charge >= 0.3 is 0 Å². The van der Waals surface area contributed by atoms with E-state index in [2.05, 4.69) is 9.82 Å². The minimum atomic E-state index is -3.97. The fourth-order valence-electron chi connectivity index (χ4n) is 2.65. The zero-order valence-electron chi connectivity index (χ0n) is 14.8. The standard InChI is InChI=1S/C19H18ClN3O3S/c1-13-14(2)21-23(16-6-4-3-5-7-16)18(13)12-19(24)22-27(25,26)17-10-8-15(20)9-11-17/h3-11H,12H2,1-2H3,(H,22,24). The number of aryl methyl sites for hydroxylation is 1. The lowest BCUT2D eigenvalue weighted by atomic mass is 10.1. The number of halogens is 1. The number of hydrogen-bond acceptors (Lipinski definition) is 4. The van der Waals surface area contributed by atoms with E-state index >= 15 is 0 Å². The summed E-state index contributed by atoms with van der Waals surface area (Å²) >= 11 is 5.78. The Hall–Kier alpha value is -2.64. The molecule has 0 atom stereocenters. The number of para-hydroxylation sites is 1. The van der Waals surface area contributed by atoms with Crippen LogP contribution >= 0.6 is 11.6 Å². The Morgan fingerprint density at radius 3 is 2.33 bits per heavy atom. The molecule has 0 radical (unpaired) electrons. The fraction of sp³-hybridized carbons (Fsp3) is 0.158. The van der Waals surface area contributed by atoms with Crippen LogP contribution in [0.5, 0.6) is 0 Å². The number of carbonyl (C=O) groups is 1. The Labute approximate surface area is 162 Å². The SMILES string of the molecule is Cc1nn(-c2ccccc2)c(CC(=O)NS(=O)(=O)c2ccc(Cl)cc2)c1C. The Morgan fingerprint density at radius 1 is 1.07 bits per heavy atom. The molecule has 0 fully saturated rings. The number of carbonyl (C=O) groups excluding carboxylic acids is 1. The molecule has 3 rings (SSSR count). The van der Waals surface area contributed by atoms with Crippen LogP contribution in [-0.2, 0) is 21.2 Å². The molecule has 0 bridgehead atoms. The third-order valence-corrected chi connectivity index (χ3v) is 5.82. The lowest BCUT2D eigenvalue weighted by Gasteiger charge is -2.10. The second-order valence-electron chi connectivity index (χ2n) is 6.06. The van der Waals surface area contributed by atoms with Crippen LogP contribution in [0.25, 0.3) is 5.69 Å². The Bertz CT molecular complexity index is 1080. The molecule has 27 heavy (non-hydrogen) atoms. The van der Waals surface area contributed by atoms with E-state index in [4.69, 9.17) is 11.6 Å². The third kappa shape index (κ3) is 4.20. The molecule has 1 amide bonds. The van der Waals surface area contributed by atoms with Crippen LogP contribution in [0, 0.1) is 13.8 Å². The van der Waals surface area contributed by atoms with E-state index in [9.17, 15) is 13.2 Å². The molecule has 0 aliphatic carbocycles. The summed E-state index contributed by atoms with van der Waals surface area (Å²) in [6.45, 7) is 3.71. The van der Waals surface area contributed by atoms with Gasteiger partial charge in [0.15, 0.2) is 0 Å². The molecule has 1 aromatic heterocycles. The molecule has 0 unspecified atom stereocenters. The van der Waals surface area contributed by atoms with Gasteiger partial charge in [-0.05, 0) is 55.8 Å². The first-order valence-corrected chi connectivity index (χ1v) is 10.1. The molecule has 3 aromatic rings. The second kappa shape index (κ2) is 7.54.